The summed E-state index contributed by atoms with van der Waals surface area (Å²) in [6.07, 6.45) is -0.917. The van der Waals surface area contributed by atoms with Crippen LogP contribution in [0.3, 0.4) is 0 Å². The minimum Gasteiger partial charge on any atom is -0.374 e. The van der Waals surface area contributed by atoms with Crippen LogP contribution in [0.2, 0.25) is 0 Å². The molecule has 0 saturated heterocycles. The van der Waals surface area contributed by atoms with Gasteiger partial charge in [-0.2, -0.15) is 0 Å². The van der Waals surface area contributed by atoms with Gasteiger partial charge in [-0.15, -0.1) is 0 Å². The van der Waals surface area contributed by atoms with Crippen molar-refractivity contribution in [2.45, 2.75) is 64.3 Å². The van der Waals surface area contributed by atoms with Gasteiger partial charge >= 0.3 is 0 Å². The van der Waals surface area contributed by atoms with Crippen LogP contribution >= 0.6 is 11.8 Å². The zero-order valence-electron chi connectivity index (χ0n) is 22.3. The molecule has 0 N–H and O–H groups in total. The van der Waals surface area contributed by atoms with Gasteiger partial charge in [0.05, 0.1) is 37.6 Å². The van der Waals surface area contributed by atoms with Gasteiger partial charge in [-0.25, -0.2) is 0 Å². The zero-order chi connectivity index (χ0) is 26.3. The van der Waals surface area contributed by atoms with Gasteiger partial charge in [0.2, 0.25) is 0 Å². The van der Waals surface area contributed by atoms with Crippen molar-refractivity contribution in [1.82, 2.24) is 0 Å². The van der Waals surface area contributed by atoms with Gasteiger partial charge in [-0.05, 0) is 37.5 Å². The molecule has 37 heavy (non-hydrogen) atoms. The lowest BCUT2D eigenvalue weighted by Crippen LogP contribution is -2.45. The van der Waals surface area contributed by atoms with Gasteiger partial charge in [0.25, 0.3) is 0 Å². The maximum absolute atomic E-state index is 6.54. The monoisotopic (exact) mass is 521 g/mol. The van der Waals surface area contributed by atoms with E-state index in [1.54, 1.807) is 18.8 Å². The van der Waals surface area contributed by atoms with Crippen LogP contribution in [0, 0.1) is 0 Å². The molecule has 0 aromatic heterocycles. The van der Waals surface area contributed by atoms with E-state index in [4.69, 9.17) is 18.9 Å². The first-order valence-electron chi connectivity index (χ1n) is 12.7. The van der Waals surface area contributed by atoms with E-state index in [9.17, 15) is 0 Å². The molecule has 3 rings (SSSR count). The number of aliphatic imine (C=N–C) groups is 1. The fourth-order valence-corrected chi connectivity index (χ4v) is 4.64. The lowest BCUT2D eigenvalue weighted by Gasteiger charge is -2.33. The van der Waals surface area contributed by atoms with E-state index in [2.05, 4.69) is 41.4 Å². The molecule has 0 amide bonds. The number of nitrogens with zero attached hydrogens (tertiary/aromatic N) is 1. The first kappa shape index (κ1) is 29.1. The highest BCUT2D eigenvalue weighted by atomic mass is 32.2. The quantitative estimate of drug-likeness (QED) is 0.124. The molecule has 198 valence electrons. The van der Waals surface area contributed by atoms with Gasteiger partial charge in [0, 0.05) is 7.05 Å². The number of ether oxygens (including phenoxy) is 4. The van der Waals surface area contributed by atoms with Crippen molar-refractivity contribution in [2.75, 3.05) is 13.7 Å². The average Bonchev–Trinajstić information content (AvgIpc) is 2.93. The Balaban J connectivity index is 1.75. The smallest absolute Gasteiger partial charge is 0.112 e. The molecule has 0 heterocycles. The molecule has 0 bridgehead atoms. The summed E-state index contributed by atoms with van der Waals surface area (Å²) in [6.45, 7) is 7.90. The molecule has 1 unspecified atom stereocenters. The topological polar surface area (TPSA) is 49.3 Å². The summed E-state index contributed by atoms with van der Waals surface area (Å²) in [5.41, 5.74) is 3.21. The molecular weight excluding hydrogens is 482 g/mol. The van der Waals surface area contributed by atoms with Crippen LogP contribution in [0.25, 0.3) is 0 Å². The Labute approximate surface area is 226 Å². The Hall–Kier alpha value is -2.48. The van der Waals surface area contributed by atoms with E-state index in [0.29, 0.717) is 26.4 Å². The third-order valence-electron chi connectivity index (χ3n) is 5.88. The SMILES string of the molecule is CN=C(C)SC(C)O[C@H](COCc1ccccc1)[C@@H](OCc1ccccc1)[C@@H](C)OCc1ccccc1. The second-order valence-electron chi connectivity index (χ2n) is 8.87. The lowest BCUT2D eigenvalue weighted by molar-refractivity contribution is -0.162. The number of benzene rings is 3. The summed E-state index contributed by atoms with van der Waals surface area (Å²) in [5.74, 6) is 0. The van der Waals surface area contributed by atoms with Gasteiger partial charge in [-0.1, -0.05) is 103 Å². The fourth-order valence-electron chi connectivity index (χ4n) is 3.85. The molecule has 0 fully saturated rings. The Bertz CT molecular complexity index is 1030. The van der Waals surface area contributed by atoms with Crippen LogP contribution in [-0.2, 0) is 38.8 Å². The van der Waals surface area contributed by atoms with E-state index in [1.807, 2.05) is 75.4 Å². The van der Waals surface area contributed by atoms with Crippen molar-refractivity contribution in [3.05, 3.63) is 108 Å². The third kappa shape index (κ3) is 10.8. The molecule has 0 aliphatic carbocycles. The van der Waals surface area contributed by atoms with Crippen molar-refractivity contribution in [1.29, 1.82) is 0 Å². The zero-order valence-corrected chi connectivity index (χ0v) is 23.1. The van der Waals surface area contributed by atoms with Crippen molar-refractivity contribution in [3.63, 3.8) is 0 Å². The third-order valence-corrected chi connectivity index (χ3v) is 6.85. The molecule has 5 nitrogen and oxygen atoms in total. The standard InChI is InChI=1S/C31H39NO4S/c1-24(34-21-28-16-10-6-11-17-28)31(35-22-29-18-12-7-13-19-29)30(36-26(3)37-25(2)32-4)23-33-20-27-14-8-5-9-15-27/h5-19,24,26,30-31H,20-23H2,1-4H3/t24-,26?,30-,31+/m1/s1. The summed E-state index contributed by atoms with van der Waals surface area (Å²) in [5, 5.41) is 0.964. The van der Waals surface area contributed by atoms with Gasteiger partial charge in [0.1, 0.15) is 17.6 Å². The molecule has 3 aromatic carbocycles. The maximum atomic E-state index is 6.54. The summed E-state index contributed by atoms with van der Waals surface area (Å²) in [6, 6.07) is 30.5. The molecule has 6 heteroatoms. The largest absolute Gasteiger partial charge is 0.374 e. The van der Waals surface area contributed by atoms with Gasteiger partial charge in [0.15, 0.2) is 0 Å². The van der Waals surface area contributed by atoms with Gasteiger partial charge in [-0.3, -0.25) is 4.99 Å². The second kappa shape index (κ2) is 16.4. The molecule has 0 saturated carbocycles. The van der Waals surface area contributed by atoms with Crippen molar-refractivity contribution < 1.29 is 18.9 Å². The Morgan fingerprint density at radius 1 is 0.730 bits per heavy atom. The first-order chi connectivity index (χ1) is 18.0. The molecule has 4 atom stereocenters. The summed E-state index contributed by atoms with van der Waals surface area (Å²) in [4.78, 5) is 4.27. The Kier molecular flexibility index (Phi) is 12.9. The van der Waals surface area contributed by atoms with Crippen molar-refractivity contribution >= 4 is 16.8 Å². The number of thioether (sulfide) groups is 1. The van der Waals surface area contributed by atoms with Crippen LogP contribution in [0.1, 0.15) is 37.5 Å². The van der Waals surface area contributed by atoms with E-state index in [0.717, 1.165) is 21.7 Å². The minimum atomic E-state index is -0.346. The van der Waals surface area contributed by atoms with E-state index in [1.165, 1.54) is 0 Å². The van der Waals surface area contributed by atoms with Gasteiger partial charge < -0.3 is 18.9 Å². The summed E-state index contributed by atoms with van der Waals surface area (Å²) >= 11 is 1.59. The Morgan fingerprint density at radius 2 is 1.22 bits per heavy atom. The molecule has 0 aliphatic rings. The Morgan fingerprint density at radius 3 is 1.73 bits per heavy atom. The molecule has 0 aliphatic heterocycles. The van der Waals surface area contributed by atoms with E-state index < -0.39 is 0 Å². The molecular formula is C31H39NO4S. The highest BCUT2D eigenvalue weighted by Gasteiger charge is 2.31. The predicted octanol–water partition coefficient (Wildman–Crippen LogP) is 6.91. The van der Waals surface area contributed by atoms with Crippen LogP contribution in [-0.4, -0.2) is 42.4 Å². The fraction of sp³-hybridized carbons (Fsp3) is 0.387. The molecule has 0 spiro atoms. The highest BCUT2D eigenvalue weighted by Crippen LogP contribution is 2.23. The lowest BCUT2D eigenvalue weighted by atomic mass is 10.1. The van der Waals surface area contributed by atoms with Crippen LogP contribution in [0.15, 0.2) is 96.0 Å². The second-order valence-corrected chi connectivity index (χ2v) is 10.4. The normalized spacial score (nSPS) is 15.2. The minimum absolute atomic E-state index is 0.127. The highest BCUT2D eigenvalue weighted by molar-refractivity contribution is 8.14. The summed E-state index contributed by atoms with van der Waals surface area (Å²) in [7, 11) is 1.79. The maximum Gasteiger partial charge on any atom is 0.112 e. The van der Waals surface area contributed by atoms with Crippen LogP contribution in [0.4, 0.5) is 0 Å². The molecule has 3 aromatic rings. The predicted molar refractivity (Wildman–Crippen MR) is 153 cm³/mol. The van der Waals surface area contributed by atoms with Crippen LogP contribution in [0.5, 0.6) is 0 Å². The van der Waals surface area contributed by atoms with Crippen molar-refractivity contribution in [3.8, 4) is 0 Å². The first-order valence-corrected chi connectivity index (χ1v) is 13.6. The summed E-state index contributed by atoms with van der Waals surface area (Å²) < 4.78 is 25.5. The van der Waals surface area contributed by atoms with E-state index >= 15 is 0 Å². The van der Waals surface area contributed by atoms with Crippen molar-refractivity contribution in [2.24, 2.45) is 4.99 Å². The van der Waals surface area contributed by atoms with E-state index in [-0.39, 0.29) is 23.7 Å². The molecule has 0 radical (unpaired) electrons. The number of hydrogen-bond donors (Lipinski definition) is 0. The number of hydrogen-bond acceptors (Lipinski definition) is 6. The number of rotatable bonds is 15. The van der Waals surface area contributed by atoms with Crippen LogP contribution < -0.4 is 0 Å². The average molecular weight is 522 g/mol.